The maximum absolute atomic E-state index is 12.3. The topological polar surface area (TPSA) is 90.0 Å². The molecule has 1 aromatic rings. The molecule has 0 unspecified atom stereocenters. The van der Waals surface area contributed by atoms with Crippen LogP contribution in [0.25, 0.3) is 0 Å². The van der Waals surface area contributed by atoms with Crippen LogP contribution in [0.4, 0.5) is 0 Å². The molecule has 0 spiro atoms. The first-order chi connectivity index (χ1) is 9.55. The van der Waals surface area contributed by atoms with Crippen LogP contribution in [0, 0.1) is 0 Å². The molecule has 6 nitrogen and oxygen atoms in total. The number of nitrogens with zero attached hydrogens (tertiary/aromatic N) is 2. The van der Waals surface area contributed by atoms with Crippen molar-refractivity contribution in [2.45, 2.75) is 48.4 Å². The van der Waals surface area contributed by atoms with Crippen molar-refractivity contribution in [3.63, 3.8) is 0 Å². The van der Waals surface area contributed by atoms with Crippen LogP contribution < -0.4 is 10.5 Å². The second-order valence-corrected chi connectivity index (χ2v) is 7.91. The van der Waals surface area contributed by atoms with Gasteiger partial charge in [0, 0.05) is 24.0 Å². The summed E-state index contributed by atoms with van der Waals surface area (Å²) in [5.74, 6) is 0. The minimum atomic E-state index is -3.46. The fourth-order valence-corrected chi connectivity index (χ4v) is 4.44. The number of rotatable bonds is 6. The van der Waals surface area contributed by atoms with Gasteiger partial charge in [0.15, 0.2) is 0 Å². The number of hydrogen-bond donors (Lipinski definition) is 2. The van der Waals surface area contributed by atoms with Crippen LogP contribution in [0.15, 0.2) is 17.3 Å². The smallest absolute Gasteiger partial charge is 0.243 e. The van der Waals surface area contributed by atoms with Crippen LogP contribution in [0.2, 0.25) is 0 Å². The molecule has 0 aliphatic heterocycles. The van der Waals surface area contributed by atoms with Gasteiger partial charge in [-0.2, -0.15) is 16.9 Å². The monoisotopic (exact) mass is 318 g/mol. The van der Waals surface area contributed by atoms with Gasteiger partial charge in [0.25, 0.3) is 0 Å². The minimum Gasteiger partial charge on any atom is -0.329 e. The number of sulfonamides is 1. The van der Waals surface area contributed by atoms with Gasteiger partial charge in [0.05, 0.1) is 12.7 Å². The van der Waals surface area contributed by atoms with E-state index in [0.29, 0.717) is 18.3 Å². The summed E-state index contributed by atoms with van der Waals surface area (Å²) in [5.41, 5.74) is 5.43. The maximum Gasteiger partial charge on any atom is 0.243 e. The third-order valence-corrected chi connectivity index (χ3v) is 6.22. The standard InChI is InChI=1S/C12H22N4O2S2/c1-19-11-4-2-10(3-5-11)15-20(17,18)12-8-14-16(9-12)7-6-13/h8-11,15H,2-7,13H2,1H3. The zero-order chi connectivity index (χ0) is 14.6. The van der Waals surface area contributed by atoms with Gasteiger partial charge >= 0.3 is 0 Å². The fraction of sp³-hybridized carbons (Fsp3) is 0.750. The normalized spacial score (nSPS) is 23.9. The zero-order valence-electron chi connectivity index (χ0n) is 11.7. The third kappa shape index (κ3) is 3.97. The van der Waals surface area contributed by atoms with E-state index in [1.807, 2.05) is 11.8 Å². The molecular formula is C12H22N4O2S2. The summed E-state index contributed by atoms with van der Waals surface area (Å²) < 4.78 is 28.9. The Morgan fingerprint density at radius 1 is 1.45 bits per heavy atom. The summed E-state index contributed by atoms with van der Waals surface area (Å²) in [5, 5.41) is 4.67. The molecule has 3 N–H and O–H groups in total. The molecule has 0 atom stereocenters. The Hall–Kier alpha value is -0.570. The Kier molecular flexibility index (Phi) is 5.48. The van der Waals surface area contributed by atoms with Crippen molar-refractivity contribution in [2.75, 3.05) is 12.8 Å². The molecular weight excluding hydrogens is 296 g/mol. The Balaban J connectivity index is 1.96. The lowest BCUT2D eigenvalue weighted by molar-refractivity contribution is 0.420. The van der Waals surface area contributed by atoms with E-state index < -0.39 is 10.0 Å². The van der Waals surface area contributed by atoms with E-state index in [0.717, 1.165) is 25.7 Å². The first kappa shape index (κ1) is 15.8. The molecule has 1 fully saturated rings. The summed E-state index contributed by atoms with van der Waals surface area (Å²) in [6, 6.07) is 0.0428. The summed E-state index contributed by atoms with van der Waals surface area (Å²) in [6.45, 7) is 0.960. The number of thioether (sulfide) groups is 1. The van der Waals surface area contributed by atoms with Gasteiger partial charge in [-0.1, -0.05) is 0 Å². The third-order valence-electron chi connectivity index (χ3n) is 3.61. The van der Waals surface area contributed by atoms with Gasteiger partial charge in [-0.05, 0) is 31.9 Å². The average Bonchev–Trinajstić information content (AvgIpc) is 2.89. The molecule has 8 heteroatoms. The highest BCUT2D eigenvalue weighted by atomic mass is 32.2. The van der Waals surface area contributed by atoms with Crippen molar-refractivity contribution in [1.29, 1.82) is 0 Å². The highest BCUT2D eigenvalue weighted by Gasteiger charge is 2.26. The molecule has 1 heterocycles. The van der Waals surface area contributed by atoms with Gasteiger partial charge in [0.2, 0.25) is 10.0 Å². The molecule has 1 saturated carbocycles. The molecule has 0 saturated heterocycles. The Labute approximate surface area is 124 Å². The molecule has 1 aliphatic carbocycles. The molecule has 1 aliphatic rings. The first-order valence-electron chi connectivity index (χ1n) is 6.83. The number of aromatic nitrogens is 2. The number of nitrogens with two attached hydrogens (primary N) is 1. The van der Waals surface area contributed by atoms with Crippen molar-refractivity contribution in [2.24, 2.45) is 5.73 Å². The second-order valence-electron chi connectivity index (χ2n) is 5.06. The van der Waals surface area contributed by atoms with Crippen molar-refractivity contribution in [3.8, 4) is 0 Å². The zero-order valence-corrected chi connectivity index (χ0v) is 13.3. The first-order valence-corrected chi connectivity index (χ1v) is 9.60. The van der Waals surface area contributed by atoms with E-state index in [9.17, 15) is 8.42 Å². The average molecular weight is 318 g/mol. The lowest BCUT2D eigenvalue weighted by atomic mass is 9.96. The summed E-state index contributed by atoms with van der Waals surface area (Å²) >= 11 is 1.87. The molecule has 1 aromatic heterocycles. The van der Waals surface area contributed by atoms with E-state index in [1.54, 1.807) is 4.68 Å². The minimum absolute atomic E-state index is 0.0428. The molecule has 0 bridgehead atoms. The van der Waals surface area contributed by atoms with Crippen LogP contribution in [-0.2, 0) is 16.6 Å². The Morgan fingerprint density at radius 3 is 2.75 bits per heavy atom. The van der Waals surface area contributed by atoms with Crippen molar-refractivity contribution < 1.29 is 8.42 Å². The number of nitrogens with one attached hydrogen (secondary N) is 1. The van der Waals surface area contributed by atoms with E-state index in [-0.39, 0.29) is 10.9 Å². The van der Waals surface area contributed by atoms with E-state index >= 15 is 0 Å². The van der Waals surface area contributed by atoms with Crippen LogP contribution >= 0.6 is 11.8 Å². The molecule has 20 heavy (non-hydrogen) atoms. The lowest BCUT2D eigenvalue weighted by Crippen LogP contribution is -2.37. The quantitative estimate of drug-likeness (QED) is 0.809. The highest BCUT2D eigenvalue weighted by Crippen LogP contribution is 2.27. The predicted octanol–water partition coefficient (Wildman–Crippen LogP) is 0.794. The molecule has 114 valence electrons. The van der Waals surface area contributed by atoms with E-state index in [2.05, 4.69) is 16.1 Å². The van der Waals surface area contributed by atoms with Gasteiger partial charge < -0.3 is 5.73 Å². The Bertz CT molecular complexity index is 521. The van der Waals surface area contributed by atoms with E-state index in [1.165, 1.54) is 12.4 Å². The van der Waals surface area contributed by atoms with Crippen LogP contribution in [-0.4, -0.2) is 42.3 Å². The van der Waals surface area contributed by atoms with Crippen molar-refractivity contribution in [1.82, 2.24) is 14.5 Å². The largest absolute Gasteiger partial charge is 0.329 e. The van der Waals surface area contributed by atoms with Gasteiger partial charge in [-0.3, -0.25) is 4.68 Å². The maximum atomic E-state index is 12.3. The molecule has 0 amide bonds. The van der Waals surface area contributed by atoms with Crippen molar-refractivity contribution in [3.05, 3.63) is 12.4 Å². The van der Waals surface area contributed by atoms with Crippen molar-refractivity contribution >= 4 is 21.8 Å². The lowest BCUT2D eigenvalue weighted by Gasteiger charge is -2.27. The van der Waals surface area contributed by atoms with Gasteiger partial charge in [0.1, 0.15) is 4.90 Å². The summed E-state index contributed by atoms with van der Waals surface area (Å²) in [6.07, 6.45) is 8.97. The van der Waals surface area contributed by atoms with Crippen LogP contribution in [0.5, 0.6) is 0 Å². The summed E-state index contributed by atoms with van der Waals surface area (Å²) in [4.78, 5) is 0.220. The SMILES string of the molecule is CSC1CCC(NS(=O)(=O)c2cnn(CCN)c2)CC1. The van der Waals surface area contributed by atoms with Gasteiger partial charge in [-0.25, -0.2) is 13.1 Å². The van der Waals surface area contributed by atoms with E-state index in [4.69, 9.17) is 5.73 Å². The highest BCUT2D eigenvalue weighted by molar-refractivity contribution is 7.99. The molecule has 0 radical (unpaired) electrons. The predicted molar refractivity (Wildman–Crippen MR) is 81.2 cm³/mol. The Morgan fingerprint density at radius 2 is 2.15 bits per heavy atom. The van der Waals surface area contributed by atoms with Crippen LogP contribution in [0.3, 0.4) is 0 Å². The second kappa shape index (κ2) is 6.93. The summed E-state index contributed by atoms with van der Waals surface area (Å²) in [7, 11) is -3.46. The van der Waals surface area contributed by atoms with Crippen LogP contribution in [0.1, 0.15) is 25.7 Å². The van der Waals surface area contributed by atoms with Gasteiger partial charge in [-0.15, -0.1) is 0 Å². The fourth-order valence-electron chi connectivity index (χ4n) is 2.44. The number of hydrogen-bond acceptors (Lipinski definition) is 5. The molecule has 0 aromatic carbocycles. The molecule has 2 rings (SSSR count).